The highest BCUT2D eigenvalue weighted by molar-refractivity contribution is 7.17. The highest BCUT2D eigenvalue weighted by Gasteiger charge is 2.36. The van der Waals surface area contributed by atoms with Crippen molar-refractivity contribution < 1.29 is 9.90 Å². The van der Waals surface area contributed by atoms with Crippen molar-refractivity contribution in [2.75, 3.05) is 38.5 Å². The average molecular weight is 310 g/mol. The molecule has 0 saturated carbocycles. The Labute approximate surface area is 128 Å². The van der Waals surface area contributed by atoms with E-state index in [0.717, 1.165) is 19.6 Å². The van der Waals surface area contributed by atoms with Gasteiger partial charge in [0.15, 0.2) is 5.13 Å². The molecular formula is C14H22N4O2S. The number of amides is 1. The molecule has 2 fully saturated rings. The first-order chi connectivity index (χ1) is 10.1. The highest BCUT2D eigenvalue weighted by atomic mass is 32.1. The van der Waals surface area contributed by atoms with Gasteiger partial charge in [0.2, 0.25) is 0 Å². The molecule has 2 aliphatic heterocycles. The first kappa shape index (κ1) is 14.7. The summed E-state index contributed by atoms with van der Waals surface area (Å²) in [5, 5.41) is 11.1. The van der Waals surface area contributed by atoms with Gasteiger partial charge in [-0.2, -0.15) is 0 Å². The summed E-state index contributed by atoms with van der Waals surface area (Å²) in [6, 6.07) is 0. The minimum atomic E-state index is -0.645. The van der Waals surface area contributed by atoms with Crippen LogP contribution in [0.1, 0.15) is 35.4 Å². The molecule has 0 aliphatic carbocycles. The quantitative estimate of drug-likeness (QED) is 0.862. The van der Waals surface area contributed by atoms with Crippen LogP contribution >= 0.6 is 11.3 Å². The number of nitrogens with two attached hydrogens (primary N) is 1. The number of aromatic nitrogens is 1. The second-order valence-corrected chi connectivity index (χ2v) is 7.12. The molecule has 1 aromatic rings. The number of anilines is 1. The molecule has 3 rings (SSSR count). The molecule has 0 spiro atoms. The van der Waals surface area contributed by atoms with E-state index in [1.165, 1.54) is 30.4 Å². The van der Waals surface area contributed by atoms with Crippen molar-refractivity contribution in [1.29, 1.82) is 0 Å². The summed E-state index contributed by atoms with van der Waals surface area (Å²) in [4.78, 5) is 21.0. The Morgan fingerprint density at radius 1 is 1.33 bits per heavy atom. The third-order valence-electron chi connectivity index (χ3n) is 4.43. The monoisotopic (exact) mass is 310 g/mol. The summed E-state index contributed by atoms with van der Waals surface area (Å²) in [5.41, 5.74) is 4.93. The number of thiazole rings is 1. The van der Waals surface area contributed by atoms with E-state index in [2.05, 4.69) is 9.88 Å². The van der Waals surface area contributed by atoms with Crippen molar-refractivity contribution in [3.8, 4) is 0 Å². The van der Waals surface area contributed by atoms with E-state index in [4.69, 9.17) is 5.73 Å². The first-order valence-corrected chi connectivity index (χ1v) is 8.33. The van der Waals surface area contributed by atoms with Gasteiger partial charge in [0.05, 0.1) is 11.8 Å². The molecule has 0 aromatic carbocycles. The number of carbonyl (C=O) groups excluding carboxylic acids is 1. The third kappa shape index (κ3) is 3.36. The zero-order chi connectivity index (χ0) is 14.9. The van der Waals surface area contributed by atoms with Crippen molar-refractivity contribution in [2.45, 2.75) is 31.3 Å². The maximum atomic E-state index is 12.3. The smallest absolute Gasteiger partial charge is 0.265 e. The van der Waals surface area contributed by atoms with Crippen molar-refractivity contribution in [3.05, 3.63) is 11.1 Å². The van der Waals surface area contributed by atoms with Gasteiger partial charge in [-0.05, 0) is 38.8 Å². The lowest BCUT2D eigenvalue weighted by atomic mass is 9.90. The SMILES string of the molecule is Nc1ncc(C(=O)N2CCC(O)(CN3CCCC3)CC2)s1. The summed E-state index contributed by atoms with van der Waals surface area (Å²) in [6.07, 6.45) is 5.28. The van der Waals surface area contributed by atoms with Gasteiger partial charge >= 0.3 is 0 Å². The standard InChI is InChI=1S/C14H22N4O2S/c15-13-16-9-11(21-13)12(19)18-7-3-14(20,4-8-18)10-17-5-1-2-6-17/h9,20H,1-8,10H2,(H2,15,16). The maximum absolute atomic E-state index is 12.3. The minimum absolute atomic E-state index is 0.0209. The Hall–Kier alpha value is -1.18. The molecule has 0 atom stereocenters. The van der Waals surface area contributed by atoms with Crippen LogP contribution < -0.4 is 5.73 Å². The van der Waals surface area contributed by atoms with Gasteiger partial charge in [0.1, 0.15) is 4.88 Å². The van der Waals surface area contributed by atoms with E-state index < -0.39 is 5.60 Å². The Bertz CT molecular complexity index is 505. The van der Waals surface area contributed by atoms with Gasteiger partial charge in [-0.15, -0.1) is 0 Å². The van der Waals surface area contributed by atoms with Crippen LogP contribution in [-0.4, -0.2) is 64.1 Å². The fraction of sp³-hybridized carbons (Fsp3) is 0.714. The molecule has 116 valence electrons. The predicted octanol–water partition coefficient (Wildman–Crippen LogP) is 0.788. The summed E-state index contributed by atoms with van der Waals surface area (Å²) < 4.78 is 0. The van der Waals surface area contributed by atoms with Crippen LogP contribution in [0.5, 0.6) is 0 Å². The lowest BCUT2D eigenvalue weighted by molar-refractivity contribution is -0.0366. The molecule has 2 aliphatic rings. The molecule has 0 bridgehead atoms. The number of carbonyl (C=O) groups is 1. The zero-order valence-electron chi connectivity index (χ0n) is 12.1. The van der Waals surface area contributed by atoms with E-state index >= 15 is 0 Å². The van der Waals surface area contributed by atoms with Gasteiger partial charge in [-0.1, -0.05) is 11.3 Å². The normalized spacial score (nSPS) is 22.6. The molecule has 3 heterocycles. The zero-order valence-corrected chi connectivity index (χ0v) is 12.9. The number of nitrogen functional groups attached to an aromatic ring is 1. The molecule has 1 amide bonds. The van der Waals surface area contributed by atoms with Crippen molar-refractivity contribution in [1.82, 2.24) is 14.8 Å². The second-order valence-electron chi connectivity index (χ2n) is 6.06. The van der Waals surface area contributed by atoms with Gasteiger partial charge in [-0.25, -0.2) is 4.98 Å². The van der Waals surface area contributed by atoms with Gasteiger partial charge in [0.25, 0.3) is 5.91 Å². The van der Waals surface area contributed by atoms with Crippen LogP contribution in [0.2, 0.25) is 0 Å². The lowest BCUT2D eigenvalue weighted by Crippen LogP contribution is -2.51. The Kier molecular flexibility index (Phi) is 4.14. The van der Waals surface area contributed by atoms with E-state index in [9.17, 15) is 9.90 Å². The summed E-state index contributed by atoms with van der Waals surface area (Å²) in [6.45, 7) is 4.11. The van der Waals surface area contributed by atoms with E-state index in [0.29, 0.717) is 35.9 Å². The molecule has 6 nitrogen and oxygen atoms in total. The number of aliphatic hydroxyl groups is 1. The van der Waals surface area contributed by atoms with E-state index in [1.54, 1.807) is 4.90 Å². The largest absolute Gasteiger partial charge is 0.388 e. The molecule has 7 heteroatoms. The van der Waals surface area contributed by atoms with Crippen molar-refractivity contribution in [3.63, 3.8) is 0 Å². The van der Waals surface area contributed by atoms with Crippen LogP contribution in [0.25, 0.3) is 0 Å². The Morgan fingerprint density at radius 2 is 2.00 bits per heavy atom. The van der Waals surface area contributed by atoms with Crippen LogP contribution in [0.15, 0.2) is 6.20 Å². The van der Waals surface area contributed by atoms with Crippen molar-refractivity contribution in [2.24, 2.45) is 0 Å². The van der Waals surface area contributed by atoms with Crippen LogP contribution in [0.3, 0.4) is 0 Å². The molecular weight excluding hydrogens is 288 g/mol. The highest BCUT2D eigenvalue weighted by Crippen LogP contribution is 2.27. The molecule has 2 saturated heterocycles. The number of likely N-dealkylation sites (tertiary alicyclic amines) is 2. The summed E-state index contributed by atoms with van der Waals surface area (Å²) in [5.74, 6) is -0.0209. The van der Waals surface area contributed by atoms with Crippen LogP contribution in [0, 0.1) is 0 Å². The summed E-state index contributed by atoms with van der Waals surface area (Å²) in [7, 11) is 0. The molecule has 21 heavy (non-hydrogen) atoms. The minimum Gasteiger partial charge on any atom is -0.388 e. The number of hydrogen-bond donors (Lipinski definition) is 2. The maximum Gasteiger partial charge on any atom is 0.265 e. The molecule has 0 unspecified atom stereocenters. The van der Waals surface area contributed by atoms with E-state index in [-0.39, 0.29) is 5.91 Å². The van der Waals surface area contributed by atoms with Gasteiger partial charge in [-0.3, -0.25) is 4.79 Å². The third-order valence-corrected chi connectivity index (χ3v) is 5.25. The lowest BCUT2D eigenvalue weighted by Gasteiger charge is -2.40. The van der Waals surface area contributed by atoms with Gasteiger partial charge in [0, 0.05) is 19.6 Å². The molecule has 0 radical (unpaired) electrons. The van der Waals surface area contributed by atoms with Crippen LogP contribution in [0.4, 0.5) is 5.13 Å². The Morgan fingerprint density at radius 3 is 2.57 bits per heavy atom. The fourth-order valence-corrected chi connectivity index (χ4v) is 3.84. The fourth-order valence-electron chi connectivity index (χ4n) is 3.18. The number of rotatable bonds is 3. The average Bonchev–Trinajstić information content (AvgIpc) is 3.10. The van der Waals surface area contributed by atoms with E-state index in [1.807, 2.05) is 0 Å². The molecule has 1 aromatic heterocycles. The van der Waals surface area contributed by atoms with Crippen molar-refractivity contribution >= 4 is 22.4 Å². The topological polar surface area (TPSA) is 82.7 Å². The number of hydrogen-bond acceptors (Lipinski definition) is 6. The van der Waals surface area contributed by atoms with Crippen LogP contribution in [-0.2, 0) is 0 Å². The second kappa shape index (κ2) is 5.90. The number of nitrogens with zero attached hydrogens (tertiary/aromatic N) is 3. The summed E-state index contributed by atoms with van der Waals surface area (Å²) >= 11 is 1.22. The number of piperidine rings is 1. The Balaban J connectivity index is 1.55. The predicted molar refractivity (Wildman–Crippen MR) is 82.3 cm³/mol. The van der Waals surface area contributed by atoms with Gasteiger partial charge < -0.3 is 20.6 Å². The first-order valence-electron chi connectivity index (χ1n) is 7.51. The number of β-amino-alcohol motifs (C(OH)–C–C–N with tert-alkyl or cyclic N) is 1. The molecule has 3 N–H and O–H groups in total.